The summed E-state index contributed by atoms with van der Waals surface area (Å²) in [6, 6.07) is 11.7. The zero-order chi connectivity index (χ0) is 20.3. The number of hydrogen-bond acceptors (Lipinski definition) is 4. The van der Waals surface area contributed by atoms with Gasteiger partial charge in [0.1, 0.15) is 16.8 Å². The van der Waals surface area contributed by atoms with Gasteiger partial charge in [0, 0.05) is 23.7 Å². The Bertz CT molecular complexity index is 1020. The van der Waals surface area contributed by atoms with Gasteiger partial charge in [0.15, 0.2) is 0 Å². The Morgan fingerprint density at radius 1 is 1.00 bits per heavy atom. The van der Waals surface area contributed by atoms with Crippen molar-refractivity contribution in [3.05, 3.63) is 47.5 Å². The van der Waals surface area contributed by atoms with Crippen molar-refractivity contribution in [1.29, 1.82) is 0 Å². The number of carbonyl (C=O) groups excluding carboxylic acids is 1. The number of carbonyl (C=O) groups is 2. The number of alkyl carbamates (subject to hydrolysis) is 1. The summed E-state index contributed by atoms with van der Waals surface area (Å²) in [5, 5.41) is 13.7. The second-order valence-corrected chi connectivity index (χ2v) is 7.76. The maximum absolute atomic E-state index is 11.8. The van der Waals surface area contributed by atoms with E-state index in [0.717, 1.165) is 33.1 Å². The fraction of sp³-hybridized carbons (Fsp3) is 0.364. The third-order valence-electron chi connectivity index (χ3n) is 4.36. The third kappa shape index (κ3) is 5.98. The number of carboxylic acid groups (broad SMARTS) is 1. The van der Waals surface area contributed by atoms with Crippen molar-refractivity contribution in [3.63, 3.8) is 0 Å². The standard InChI is InChI=1S/C22H25NO5.Na/c1-22(2,3)28-21(26)23-13-12-15-7-5-9-17-16-8-4-6-14(10-11-18(24)25)19(16)27-20(15)17;/h4-9H,10-13H2,1-3H3,(H,23,26)(H,24,25);/q;+1. The minimum atomic E-state index is -0.831. The van der Waals surface area contributed by atoms with E-state index in [-0.39, 0.29) is 36.0 Å². The number of rotatable bonds is 6. The maximum Gasteiger partial charge on any atom is 1.00 e. The van der Waals surface area contributed by atoms with Gasteiger partial charge in [-0.1, -0.05) is 36.4 Å². The first-order valence-corrected chi connectivity index (χ1v) is 9.35. The summed E-state index contributed by atoms with van der Waals surface area (Å²) >= 11 is 0. The van der Waals surface area contributed by atoms with Crippen LogP contribution in [0, 0.1) is 0 Å². The number of furan rings is 1. The Balaban J connectivity index is 0.00000300. The first-order chi connectivity index (χ1) is 13.2. The second kappa shape index (κ2) is 9.65. The molecule has 0 radical (unpaired) electrons. The molecule has 29 heavy (non-hydrogen) atoms. The molecular formula is C22H25NNaO5+. The normalized spacial score (nSPS) is 11.3. The monoisotopic (exact) mass is 406 g/mol. The molecule has 1 aromatic heterocycles. The van der Waals surface area contributed by atoms with Gasteiger partial charge in [-0.3, -0.25) is 4.79 Å². The van der Waals surface area contributed by atoms with Crippen molar-refractivity contribution in [3.8, 4) is 0 Å². The molecule has 0 saturated carbocycles. The van der Waals surface area contributed by atoms with Crippen LogP contribution in [-0.2, 0) is 22.4 Å². The molecule has 2 aromatic carbocycles. The van der Waals surface area contributed by atoms with Gasteiger partial charge in [0.25, 0.3) is 0 Å². The van der Waals surface area contributed by atoms with Gasteiger partial charge in [0.2, 0.25) is 0 Å². The number of fused-ring (bicyclic) bond motifs is 3. The van der Waals surface area contributed by atoms with E-state index in [9.17, 15) is 9.59 Å². The summed E-state index contributed by atoms with van der Waals surface area (Å²) in [6.45, 7) is 5.90. The van der Waals surface area contributed by atoms with Crippen molar-refractivity contribution in [2.24, 2.45) is 0 Å². The molecule has 0 unspecified atom stereocenters. The molecule has 6 nitrogen and oxygen atoms in total. The van der Waals surface area contributed by atoms with Crippen LogP contribution < -0.4 is 34.9 Å². The van der Waals surface area contributed by atoms with Crippen LogP contribution in [0.4, 0.5) is 4.79 Å². The van der Waals surface area contributed by atoms with Gasteiger partial charge in [-0.25, -0.2) is 4.79 Å². The van der Waals surface area contributed by atoms with Gasteiger partial charge in [-0.2, -0.15) is 0 Å². The average molecular weight is 406 g/mol. The van der Waals surface area contributed by atoms with E-state index in [0.29, 0.717) is 19.4 Å². The molecule has 0 bridgehead atoms. The number of ether oxygens (including phenoxy) is 1. The number of amides is 1. The van der Waals surface area contributed by atoms with Gasteiger partial charge < -0.3 is 19.6 Å². The van der Waals surface area contributed by atoms with E-state index in [1.165, 1.54) is 0 Å². The maximum atomic E-state index is 11.8. The van der Waals surface area contributed by atoms with Crippen molar-refractivity contribution in [1.82, 2.24) is 5.32 Å². The number of para-hydroxylation sites is 2. The molecule has 1 heterocycles. The van der Waals surface area contributed by atoms with Crippen molar-refractivity contribution < 1.29 is 53.4 Å². The molecule has 0 spiro atoms. The molecule has 2 N–H and O–H groups in total. The van der Waals surface area contributed by atoms with E-state index in [1.807, 2.05) is 57.2 Å². The summed E-state index contributed by atoms with van der Waals surface area (Å²) in [6.07, 6.45) is 0.631. The van der Waals surface area contributed by atoms with Crippen molar-refractivity contribution in [2.75, 3.05) is 6.54 Å². The third-order valence-corrected chi connectivity index (χ3v) is 4.36. The van der Waals surface area contributed by atoms with Crippen LogP contribution in [0.1, 0.15) is 38.3 Å². The summed E-state index contributed by atoms with van der Waals surface area (Å²) in [4.78, 5) is 22.7. The summed E-state index contributed by atoms with van der Waals surface area (Å²) in [7, 11) is 0. The van der Waals surface area contributed by atoms with Crippen LogP contribution >= 0.6 is 0 Å². The quantitative estimate of drug-likeness (QED) is 0.608. The van der Waals surface area contributed by atoms with Crippen LogP contribution in [0.3, 0.4) is 0 Å². The number of nitrogens with one attached hydrogen (secondary N) is 1. The zero-order valence-corrected chi connectivity index (χ0v) is 19.4. The molecule has 148 valence electrons. The topological polar surface area (TPSA) is 88.8 Å². The number of benzene rings is 2. The van der Waals surface area contributed by atoms with E-state index < -0.39 is 17.7 Å². The summed E-state index contributed by atoms with van der Waals surface area (Å²) < 4.78 is 11.4. The SMILES string of the molecule is CC(C)(C)OC(=O)NCCc1cccc2c1oc1c(CCC(=O)O)cccc12.[Na+]. The average Bonchev–Trinajstić information content (AvgIpc) is 2.98. The minimum Gasteiger partial charge on any atom is -0.481 e. The second-order valence-electron chi connectivity index (χ2n) is 7.76. The first-order valence-electron chi connectivity index (χ1n) is 9.35. The van der Waals surface area contributed by atoms with E-state index in [1.54, 1.807) is 0 Å². The van der Waals surface area contributed by atoms with Gasteiger partial charge in [-0.15, -0.1) is 0 Å². The number of aliphatic carboxylic acids is 1. The van der Waals surface area contributed by atoms with Crippen LogP contribution in [-0.4, -0.2) is 29.3 Å². The zero-order valence-electron chi connectivity index (χ0n) is 17.4. The van der Waals surface area contributed by atoms with Crippen LogP contribution in [0.2, 0.25) is 0 Å². The molecule has 0 aliphatic heterocycles. The molecule has 3 aromatic rings. The van der Waals surface area contributed by atoms with E-state index in [2.05, 4.69) is 5.32 Å². The largest absolute Gasteiger partial charge is 1.00 e. The molecule has 0 aliphatic carbocycles. The Morgan fingerprint density at radius 2 is 1.55 bits per heavy atom. The summed E-state index contributed by atoms with van der Waals surface area (Å²) in [5.74, 6) is -0.831. The Kier molecular flexibility index (Phi) is 7.74. The van der Waals surface area contributed by atoms with E-state index in [4.69, 9.17) is 14.3 Å². The van der Waals surface area contributed by atoms with Gasteiger partial charge in [-0.05, 0) is 44.7 Å². The van der Waals surface area contributed by atoms with Crippen LogP contribution in [0.5, 0.6) is 0 Å². The number of aryl methyl sites for hydroxylation is 1. The molecule has 7 heteroatoms. The minimum absolute atomic E-state index is 0. The summed E-state index contributed by atoms with van der Waals surface area (Å²) in [5.41, 5.74) is 2.83. The molecular weight excluding hydrogens is 381 g/mol. The predicted octanol–water partition coefficient (Wildman–Crippen LogP) is 1.67. The fourth-order valence-electron chi connectivity index (χ4n) is 3.19. The van der Waals surface area contributed by atoms with Crippen LogP contribution in [0.15, 0.2) is 40.8 Å². The predicted molar refractivity (Wildman–Crippen MR) is 108 cm³/mol. The van der Waals surface area contributed by atoms with Gasteiger partial charge >= 0.3 is 41.6 Å². The molecule has 0 atom stereocenters. The number of hydrogen-bond donors (Lipinski definition) is 2. The van der Waals surface area contributed by atoms with Crippen LogP contribution in [0.25, 0.3) is 21.9 Å². The first kappa shape index (κ1) is 23.3. The number of carboxylic acids is 1. The van der Waals surface area contributed by atoms with E-state index >= 15 is 0 Å². The Hall–Kier alpha value is -2.02. The molecule has 0 saturated heterocycles. The molecule has 0 fully saturated rings. The smallest absolute Gasteiger partial charge is 0.481 e. The van der Waals surface area contributed by atoms with Gasteiger partial charge in [0.05, 0.1) is 0 Å². The molecule has 0 aliphatic rings. The molecule has 1 amide bonds. The Labute approximate surface area is 191 Å². The molecule has 3 rings (SSSR count). The van der Waals surface area contributed by atoms with Crippen molar-refractivity contribution >= 4 is 34.0 Å². The Morgan fingerprint density at radius 3 is 2.07 bits per heavy atom. The van der Waals surface area contributed by atoms with Crippen molar-refractivity contribution in [2.45, 2.75) is 45.6 Å². The fourth-order valence-corrected chi connectivity index (χ4v) is 3.19.